The Morgan fingerprint density at radius 1 is 1.20 bits per heavy atom. The van der Waals surface area contributed by atoms with Gasteiger partial charge in [-0.3, -0.25) is 4.72 Å². The molecule has 2 aromatic rings. The normalized spacial score (nSPS) is 10.9. The molecule has 0 bridgehead atoms. The van der Waals surface area contributed by atoms with E-state index in [-0.39, 0.29) is 5.03 Å². The molecule has 1 aromatic heterocycles. The number of ether oxygens (including phenoxy) is 1. The minimum atomic E-state index is -3.76. The first-order valence-corrected chi connectivity index (χ1v) is 7.35. The second kappa shape index (κ2) is 5.79. The average molecular weight is 293 g/mol. The van der Waals surface area contributed by atoms with E-state index in [1.165, 1.54) is 13.3 Å². The molecule has 0 aliphatic heterocycles. The van der Waals surface area contributed by atoms with Gasteiger partial charge in [0.1, 0.15) is 5.75 Å². The Morgan fingerprint density at radius 2 is 2.00 bits per heavy atom. The molecule has 0 saturated heterocycles. The summed E-state index contributed by atoms with van der Waals surface area (Å²) in [5, 5.41) is 2.75. The first kappa shape index (κ1) is 14.1. The number of aromatic nitrogens is 1. The molecule has 106 valence electrons. The van der Waals surface area contributed by atoms with Crippen molar-refractivity contribution in [3.8, 4) is 5.75 Å². The van der Waals surface area contributed by atoms with Crippen molar-refractivity contribution in [1.82, 2.24) is 4.98 Å². The summed E-state index contributed by atoms with van der Waals surface area (Å²) in [5.74, 6) is 0.570. The van der Waals surface area contributed by atoms with E-state index in [0.29, 0.717) is 17.1 Å². The minimum absolute atomic E-state index is 0.0506. The van der Waals surface area contributed by atoms with Crippen molar-refractivity contribution in [2.45, 2.75) is 5.03 Å². The Labute approximate surface area is 117 Å². The number of benzene rings is 1. The van der Waals surface area contributed by atoms with Crippen LogP contribution in [0.5, 0.6) is 5.75 Å². The van der Waals surface area contributed by atoms with Gasteiger partial charge >= 0.3 is 0 Å². The highest BCUT2D eigenvalue weighted by Gasteiger charge is 2.19. The molecule has 0 saturated carbocycles. The summed E-state index contributed by atoms with van der Waals surface area (Å²) in [6.07, 6.45) is 1.43. The van der Waals surface area contributed by atoms with Crippen molar-refractivity contribution in [3.05, 3.63) is 42.6 Å². The van der Waals surface area contributed by atoms with Gasteiger partial charge in [0.25, 0.3) is 10.0 Å². The maximum atomic E-state index is 12.3. The van der Waals surface area contributed by atoms with Gasteiger partial charge < -0.3 is 10.1 Å². The van der Waals surface area contributed by atoms with Gasteiger partial charge in [-0.1, -0.05) is 6.07 Å². The second-order valence-electron chi connectivity index (χ2n) is 3.94. The first-order valence-electron chi connectivity index (χ1n) is 5.86. The van der Waals surface area contributed by atoms with Crippen molar-refractivity contribution in [3.63, 3.8) is 0 Å². The Balaban J connectivity index is 2.35. The topological polar surface area (TPSA) is 80.3 Å². The van der Waals surface area contributed by atoms with Gasteiger partial charge in [0, 0.05) is 19.3 Å². The molecule has 0 fully saturated rings. The number of pyridine rings is 1. The second-order valence-corrected chi connectivity index (χ2v) is 5.54. The van der Waals surface area contributed by atoms with E-state index < -0.39 is 10.0 Å². The molecule has 0 unspecified atom stereocenters. The minimum Gasteiger partial charge on any atom is -0.497 e. The fraction of sp³-hybridized carbons (Fsp3) is 0.154. The van der Waals surface area contributed by atoms with Crippen molar-refractivity contribution in [2.24, 2.45) is 0 Å². The summed E-state index contributed by atoms with van der Waals surface area (Å²) >= 11 is 0. The Morgan fingerprint density at radius 3 is 2.70 bits per heavy atom. The predicted molar refractivity (Wildman–Crippen MR) is 77.6 cm³/mol. The zero-order valence-electron chi connectivity index (χ0n) is 11.1. The SMILES string of the molecule is CNc1cccnc1S(=O)(=O)Nc1cccc(OC)c1. The maximum Gasteiger partial charge on any atom is 0.281 e. The lowest BCUT2D eigenvalue weighted by Gasteiger charge is -2.11. The number of methoxy groups -OCH3 is 1. The molecular formula is C13H15N3O3S. The molecule has 20 heavy (non-hydrogen) atoms. The third kappa shape index (κ3) is 3.00. The highest BCUT2D eigenvalue weighted by atomic mass is 32.2. The van der Waals surface area contributed by atoms with Crippen LogP contribution in [0, 0.1) is 0 Å². The van der Waals surface area contributed by atoms with Gasteiger partial charge in [-0.05, 0) is 24.3 Å². The molecule has 1 aromatic carbocycles. The van der Waals surface area contributed by atoms with E-state index >= 15 is 0 Å². The lowest BCUT2D eigenvalue weighted by molar-refractivity contribution is 0.415. The predicted octanol–water partition coefficient (Wildman–Crippen LogP) is 1.93. The van der Waals surface area contributed by atoms with Gasteiger partial charge in [-0.2, -0.15) is 8.42 Å². The molecule has 0 amide bonds. The van der Waals surface area contributed by atoms with Crippen molar-refractivity contribution in [1.29, 1.82) is 0 Å². The van der Waals surface area contributed by atoms with Gasteiger partial charge in [-0.15, -0.1) is 0 Å². The van der Waals surface area contributed by atoms with Crippen LogP contribution in [0.1, 0.15) is 0 Å². The van der Waals surface area contributed by atoms with Crippen LogP contribution in [-0.4, -0.2) is 27.6 Å². The van der Waals surface area contributed by atoms with Crippen LogP contribution < -0.4 is 14.8 Å². The maximum absolute atomic E-state index is 12.3. The molecule has 1 heterocycles. The van der Waals surface area contributed by atoms with Crippen LogP contribution >= 0.6 is 0 Å². The van der Waals surface area contributed by atoms with Gasteiger partial charge in [-0.25, -0.2) is 4.98 Å². The van der Waals surface area contributed by atoms with Gasteiger partial charge in [0.05, 0.1) is 18.5 Å². The number of nitrogens with one attached hydrogen (secondary N) is 2. The van der Waals surface area contributed by atoms with Crippen molar-refractivity contribution < 1.29 is 13.2 Å². The first-order chi connectivity index (χ1) is 9.56. The van der Waals surface area contributed by atoms with Crippen LogP contribution in [0.15, 0.2) is 47.6 Å². The molecule has 2 N–H and O–H groups in total. The molecule has 0 atom stereocenters. The lowest BCUT2D eigenvalue weighted by Crippen LogP contribution is -2.16. The van der Waals surface area contributed by atoms with Crippen molar-refractivity contribution >= 4 is 21.4 Å². The van der Waals surface area contributed by atoms with E-state index in [0.717, 1.165) is 0 Å². The van der Waals surface area contributed by atoms with E-state index in [9.17, 15) is 8.42 Å². The summed E-state index contributed by atoms with van der Waals surface area (Å²) in [4.78, 5) is 3.92. The molecule has 7 heteroatoms. The fourth-order valence-corrected chi connectivity index (χ4v) is 2.88. The zero-order chi connectivity index (χ0) is 14.6. The number of anilines is 2. The van der Waals surface area contributed by atoms with Crippen LogP contribution in [-0.2, 0) is 10.0 Å². The Kier molecular flexibility index (Phi) is 4.09. The van der Waals surface area contributed by atoms with Crippen LogP contribution in [0.4, 0.5) is 11.4 Å². The number of hydrogen-bond acceptors (Lipinski definition) is 5. The van der Waals surface area contributed by atoms with Crippen LogP contribution in [0.3, 0.4) is 0 Å². The number of nitrogens with zero attached hydrogens (tertiary/aromatic N) is 1. The van der Waals surface area contributed by atoms with Gasteiger partial charge in [0.2, 0.25) is 0 Å². The molecule has 6 nitrogen and oxygen atoms in total. The summed E-state index contributed by atoms with van der Waals surface area (Å²) in [7, 11) is -0.600. The molecule has 0 aliphatic rings. The smallest absolute Gasteiger partial charge is 0.281 e. The quantitative estimate of drug-likeness (QED) is 0.880. The Bertz CT molecular complexity index is 702. The zero-order valence-corrected chi connectivity index (χ0v) is 11.9. The molecule has 0 aliphatic carbocycles. The highest BCUT2D eigenvalue weighted by Crippen LogP contribution is 2.23. The third-order valence-corrected chi connectivity index (χ3v) is 3.96. The van der Waals surface area contributed by atoms with Crippen molar-refractivity contribution in [2.75, 3.05) is 24.2 Å². The van der Waals surface area contributed by atoms with E-state index in [1.807, 2.05) is 0 Å². The lowest BCUT2D eigenvalue weighted by atomic mass is 10.3. The summed E-state index contributed by atoms with van der Waals surface area (Å²) in [5.41, 5.74) is 0.847. The average Bonchev–Trinajstić information content (AvgIpc) is 2.47. The number of rotatable bonds is 5. The van der Waals surface area contributed by atoms with Crippen LogP contribution in [0.2, 0.25) is 0 Å². The summed E-state index contributed by atoms with van der Waals surface area (Å²) in [6.45, 7) is 0. The van der Waals surface area contributed by atoms with E-state index in [2.05, 4.69) is 15.0 Å². The number of sulfonamides is 1. The van der Waals surface area contributed by atoms with Gasteiger partial charge in [0.15, 0.2) is 5.03 Å². The highest BCUT2D eigenvalue weighted by molar-refractivity contribution is 7.92. The monoisotopic (exact) mass is 293 g/mol. The van der Waals surface area contributed by atoms with E-state index in [1.54, 1.807) is 43.4 Å². The molecule has 0 spiro atoms. The summed E-state index contributed by atoms with van der Waals surface area (Å²) in [6, 6.07) is 9.98. The summed E-state index contributed by atoms with van der Waals surface area (Å²) < 4.78 is 32.2. The molecular weight excluding hydrogens is 278 g/mol. The fourth-order valence-electron chi connectivity index (χ4n) is 1.69. The standard InChI is InChI=1S/C13H15N3O3S/c1-14-12-7-4-8-15-13(12)20(17,18)16-10-5-3-6-11(9-10)19-2/h3-9,14,16H,1-2H3. The van der Waals surface area contributed by atoms with Crippen LogP contribution in [0.25, 0.3) is 0 Å². The Hall–Kier alpha value is -2.28. The number of hydrogen-bond donors (Lipinski definition) is 2. The molecule has 0 radical (unpaired) electrons. The molecule has 2 rings (SSSR count). The third-order valence-electron chi connectivity index (χ3n) is 2.62. The van der Waals surface area contributed by atoms with E-state index in [4.69, 9.17) is 4.74 Å². The largest absolute Gasteiger partial charge is 0.497 e.